The van der Waals surface area contributed by atoms with Crippen LogP contribution in [0.3, 0.4) is 0 Å². The van der Waals surface area contributed by atoms with E-state index in [2.05, 4.69) is 0 Å². The summed E-state index contributed by atoms with van der Waals surface area (Å²) in [5.74, 6) is -0.474. The smallest absolute Gasteiger partial charge is 0.255 e. The van der Waals surface area contributed by atoms with Gasteiger partial charge in [0.1, 0.15) is 5.82 Å². The van der Waals surface area contributed by atoms with Crippen LogP contribution in [0, 0.1) is 19.7 Å². The number of aromatic nitrogens is 1. The maximum atomic E-state index is 14.0. The first-order valence-electron chi connectivity index (χ1n) is 7.35. The topological polar surface area (TPSA) is 45.5 Å². The molecule has 2 aromatic rings. The van der Waals surface area contributed by atoms with Crippen molar-refractivity contribution in [2.24, 2.45) is 0 Å². The molecule has 1 N–H and O–H groups in total. The van der Waals surface area contributed by atoms with E-state index in [9.17, 15) is 9.18 Å². The van der Waals surface area contributed by atoms with Crippen molar-refractivity contribution in [3.63, 3.8) is 0 Å². The lowest BCUT2D eigenvalue weighted by atomic mass is 10.2. The molecule has 0 radical (unpaired) electrons. The number of carbonyl (C=O) groups is 1. The summed E-state index contributed by atoms with van der Waals surface area (Å²) in [5, 5.41) is 9.06. The van der Waals surface area contributed by atoms with Gasteiger partial charge in [0.05, 0.1) is 17.9 Å². The Hall–Kier alpha value is -2.14. The zero-order valence-corrected chi connectivity index (χ0v) is 13.1. The second-order valence-corrected chi connectivity index (χ2v) is 5.18. The molecule has 2 rings (SSSR count). The van der Waals surface area contributed by atoms with Crippen molar-refractivity contribution in [2.75, 3.05) is 19.7 Å². The highest BCUT2D eigenvalue weighted by Crippen LogP contribution is 2.23. The molecule has 0 aliphatic carbocycles. The van der Waals surface area contributed by atoms with Gasteiger partial charge in [-0.3, -0.25) is 4.79 Å². The van der Waals surface area contributed by atoms with E-state index in [1.54, 1.807) is 40.7 Å². The fourth-order valence-electron chi connectivity index (χ4n) is 2.68. The van der Waals surface area contributed by atoms with E-state index in [0.29, 0.717) is 30.0 Å². The number of rotatable bonds is 5. The van der Waals surface area contributed by atoms with Crippen molar-refractivity contribution in [2.45, 2.75) is 20.8 Å². The molecule has 118 valence electrons. The molecule has 0 unspecified atom stereocenters. The fourth-order valence-corrected chi connectivity index (χ4v) is 2.68. The molecule has 1 heterocycles. The molecule has 1 aromatic carbocycles. The largest absolute Gasteiger partial charge is 0.395 e. The van der Waals surface area contributed by atoms with Crippen LogP contribution in [0.15, 0.2) is 30.3 Å². The Kier molecular flexibility index (Phi) is 4.98. The summed E-state index contributed by atoms with van der Waals surface area (Å²) in [4.78, 5) is 14.2. The molecule has 0 bridgehead atoms. The van der Waals surface area contributed by atoms with Gasteiger partial charge in [-0.05, 0) is 39.0 Å². The Bertz CT molecular complexity index is 679. The van der Waals surface area contributed by atoms with Crippen molar-refractivity contribution in [3.05, 3.63) is 53.1 Å². The van der Waals surface area contributed by atoms with Gasteiger partial charge in [0.25, 0.3) is 5.91 Å². The van der Waals surface area contributed by atoms with Gasteiger partial charge in [0, 0.05) is 24.5 Å². The monoisotopic (exact) mass is 304 g/mol. The third-order valence-electron chi connectivity index (χ3n) is 3.79. The molecule has 5 heteroatoms. The number of aliphatic hydroxyl groups excluding tert-OH is 1. The lowest BCUT2D eigenvalue weighted by Crippen LogP contribution is -2.33. The first kappa shape index (κ1) is 16.2. The van der Waals surface area contributed by atoms with E-state index in [-0.39, 0.29) is 18.3 Å². The van der Waals surface area contributed by atoms with Gasteiger partial charge in [-0.2, -0.15) is 0 Å². The Morgan fingerprint density at radius 3 is 2.59 bits per heavy atom. The van der Waals surface area contributed by atoms with Gasteiger partial charge in [-0.15, -0.1) is 0 Å². The van der Waals surface area contributed by atoms with Crippen LogP contribution in [0.5, 0.6) is 0 Å². The van der Waals surface area contributed by atoms with E-state index in [0.717, 1.165) is 5.69 Å². The molecule has 1 aromatic heterocycles. The lowest BCUT2D eigenvalue weighted by molar-refractivity contribution is 0.0731. The molecule has 22 heavy (non-hydrogen) atoms. The van der Waals surface area contributed by atoms with Crippen LogP contribution in [-0.2, 0) is 0 Å². The Balaban J connectivity index is 2.48. The Morgan fingerprint density at radius 2 is 2.00 bits per heavy atom. The average Bonchev–Trinajstić information content (AvgIpc) is 2.80. The van der Waals surface area contributed by atoms with E-state index in [1.807, 2.05) is 13.8 Å². The summed E-state index contributed by atoms with van der Waals surface area (Å²) in [7, 11) is 0. The predicted molar refractivity (Wildman–Crippen MR) is 83.9 cm³/mol. The highest BCUT2D eigenvalue weighted by Gasteiger charge is 2.21. The fraction of sp³-hybridized carbons (Fsp3) is 0.353. The van der Waals surface area contributed by atoms with Crippen LogP contribution in [0.2, 0.25) is 0 Å². The average molecular weight is 304 g/mol. The molecular formula is C17H21FN2O2. The molecule has 0 atom stereocenters. The second kappa shape index (κ2) is 6.75. The molecule has 1 amide bonds. The number of carbonyl (C=O) groups excluding carboxylic acids is 1. The number of hydrogen-bond donors (Lipinski definition) is 1. The minimum Gasteiger partial charge on any atom is -0.395 e. The summed E-state index contributed by atoms with van der Waals surface area (Å²) < 4.78 is 15.8. The van der Waals surface area contributed by atoms with Gasteiger partial charge in [0.15, 0.2) is 0 Å². The number of benzene rings is 1. The maximum absolute atomic E-state index is 14.0. The quantitative estimate of drug-likeness (QED) is 0.923. The highest BCUT2D eigenvalue weighted by molar-refractivity contribution is 5.96. The molecule has 0 fully saturated rings. The molecular weight excluding hydrogens is 283 g/mol. The zero-order valence-electron chi connectivity index (χ0n) is 13.1. The highest BCUT2D eigenvalue weighted by atomic mass is 19.1. The van der Waals surface area contributed by atoms with Gasteiger partial charge >= 0.3 is 0 Å². The van der Waals surface area contributed by atoms with Crippen molar-refractivity contribution >= 4 is 5.91 Å². The number of para-hydroxylation sites is 1. The summed E-state index contributed by atoms with van der Waals surface area (Å²) in [5.41, 5.74) is 2.47. The number of likely N-dealkylation sites (N-methyl/N-ethyl adjacent to an activating group) is 1. The molecule has 0 saturated carbocycles. The number of aliphatic hydroxyl groups is 1. The number of halogens is 1. The van der Waals surface area contributed by atoms with Gasteiger partial charge < -0.3 is 14.6 Å². The van der Waals surface area contributed by atoms with Crippen LogP contribution in [0.1, 0.15) is 28.7 Å². The lowest BCUT2D eigenvalue weighted by Gasteiger charge is -2.19. The first-order chi connectivity index (χ1) is 10.5. The Morgan fingerprint density at radius 1 is 1.32 bits per heavy atom. The summed E-state index contributed by atoms with van der Waals surface area (Å²) in [6, 6.07) is 8.26. The number of hydrogen-bond acceptors (Lipinski definition) is 2. The van der Waals surface area contributed by atoms with Crippen LogP contribution in [0.25, 0.3) is 5.69 Å². The van der Waals surface area contributed by atoms with Crippen LogP contribution in [-0.4, -0.2) is 40.2 Å². The van der Waals surface area contributed by atoms with E-state index < -0.39 is 0 Å². The molecule has 0 aliphatic rings. The molecule has 0 saturated heterocycles. The number of amides is 1. The van der Waals surface area contributed by atoms with Crippen molar-refractivity contribution in [1.29, 1.82) is 0 Å². The van der Waals surface area contributed by atoms with Crippen LogP contribution >= 0.6 is 0 Å². The standard InChI is InChI=1S/C17H21FN2O2/c1-4-19(9-10-21)17(22)14-11-12(2)20(13(14)3)16-8-6-5-7-15(16)18/h5-8,11,21H,4,9-10H2,1-3H3. The molecule has 4 nitrogen and oxygen atoms in total. The van der Waals surface area contributed by atoms with Gasteiger partial charge in [-0.1, -0.05) is 12.1 Å². The minimum absolute atomic E-state index is 0.0777. The van der Waals surface area contributed by atoms with Gasteiger partial charge in [-0.25, -0.2) is 4.39 Å². The molecule has 0 spiro atoms. The third-order valence-corrected chi connectivity index (χ3v) is 3.79. The Labute approximate surface area is 129 Å². The maximum Gasteiger partial charge on any atom is 0.255 e. The summed E-state index contributed by atoms with van der Waals surface area (Å²) >= 11 is 0. The van der Waals surface area contributed by atoms with Crippen molar-refractivity contribution in [1.82, 2.24) is 9.47 Å². The second-order valence-electron chi connectivity index (χ2n) is 5.18. The van der Waals surface area contributed by atoms with Crippen LogP contribution < -0.4 is 0 Å². The summed E-state index contributed by atoms with van der Waals surface area (Å²) in [6.07, 6.45) is 0. The number of nitrogens with zero attached hydrogens (tertiary/aromatic N) is 2. The third kappa shape index (κ3) is 2.90. The van der Waals surface area contributed by atoms with E-state index >= 15 is 0 Å². The van der Waals surface area contributed by atoms with Crippen molar-refractivity contribution in [3.8, 4) is 5.69 Å². The van der Waals surface area contributed by atoms with E-state index in [1.165, 1.54) is 6.07 Å². The summed E-state index contributed by atoms with van der Waals surface area (Å²) in [6.45, 7) is 6.24. The number of aryl methyl sites for hydroxylation is 1. The predicted octanol–water partition coefficient (Wildman–Crippen LogP) is 2.69. The normalized spacial score (nSPS) is 10.8. The minimum atomic E-state index is -0.328. The van der Waals surface area contributed by atoms with Gasteiger partial charge in [0.2, 0.25) is 0 Å². The molecule has 0 aliphatic heterocycles. The SMILES string of the molecule is CCN(CCO)C(=O)c1cc(C)n(-c2ccccc2F)c1C. The van der Waals surface area contributed by atoms with Crippen LogP contribution in [0.4, 0.5) is 4.39 Å². The van der Waals surface area contributed by atoms with E-state index in [4.69, 9.17) is 5.11 Å². The first-order valence-corrected chi connectivity index (χ1v) is 7.35. The zero-order chi connectivity index (χ0) is 16.3. The van der Waals surface area contributed by atoms with Crippen molar-refractivity contribution < 1.29 is 14.3 Å².